The fraction of sp³-hybridized carbons (Fsp3) is 0.412. The van der Waals surface area contributed by atoms with Crippen LogP contribution in [0.15, 0.2) is 30.3 Å². The minimum absolute atomic E-state index is 0.0665. The van der Waals surface area contributed by atoms with Crippen molar-refractivity contribution in [3.05, 3.63) is 41.7 Å². The number of amides is 1. The normalized spacial score (nSPS) is 11.8. The predicted molar refractivity (Wildman–Crippen MR) is 91.8 cm³/mol. The fourth-order valence-corrected chi connectivity index (χ4v) is 2.29. The summed E-state index contributed by atoms with van der Waals surface area (Å²) in [7, 11) is 3.23. The number of rotatable bonds is 9. The average molecular weight is 332 g/mol. The molecule has 0 aliphatic heterocycles. The smallest absolute Gasteiger partial charge is 0.242 e. The summed E-state index contributed by atoms with van der Waals surface area (Å²) >= 11 is 0. The molecule has 3 N–H and O–H groups in total. The Morgan fingerprint density at radius 2 is 2.17 bits per heavy atom. The quantitative estimate of drug-likeness (QED) is 0.654. The molecule has 1 aromatic carbocycles. The predicted octanol–water partition coefficient (Wildman–Crippen LogP) is 2.07. The van der Waals surface area contributed by atoms with Crippen LogP contribution in [0.2, 0.25) is 0 Å². The van der Waals surface area contributed by atoms with Crippen LogP contribution in [0.3, 0.4) is 0 Å². The summed E-state index contributed by atoms with van der Waals surface area (Å²) in [5, 5.41) is 13.1. The van der Waals surface area contributed by atoms with Crippen molar-refractivity contribution in [2.75, 3.05) is 19.5 Å². The maximum absolute atomic E-state index is 12.4. The van der Waals surface area contributed by atoms with Crippen LogP contribution in [0.4, 0.5) is 5.69 Å². The third-order valence-corrected chi connectivity index (χ3v) is 3.56. The van der Waals surface area contributed by atoms with Crippen molar-refractivity contribution in [3.63, 3.8) is 0 Å². The van der Waals surface area contributed by atoms with Gasteiger partial charge in [-0.3, -0.25) is 9.89 Å². The van der Waals surface area contributed by atoms with Crippen LogP contribution < -0.4 is 15.4 Å². The Morgan fingerprint density at radius 1 is 1.33 bits per heavy atom. The average Bonchev–Trinajstić information content (AvgIpc) is 3.05. The number of benzene rings is 1. The van der Waals surface area contributed by atoms with Crippen molar-refractivity contribution in [1.82, 2.24) is 15.5 Å². The van der Waals surface area contributed by atoms with Crippen LogP contribution in [-0.4, -0.2) is 36.4 Å². The molecular weight excluding hydrogens is 308 g/mol. The van der Waals surface area contributed by atoms with Gasteiger partial charge >= 0.3 is 0 Å². The lowest BCUT2D eigenvalue weighted by atomic mass is 10.2. The summed E-state index contributed by atoms with van der Waals surface area (Å²) < 4.78 is 10.2. The van der Waals surface area contributed by atoms with Gasteiger partial charge in [0.25, 0.3) is 0 Å². The number of methoxy groups -OCH3 is 2. The molecule has 0 fully saturated rings. The van der Waals surface area contributed by atoms with Gasteiger partial charge in [0.1, 0.15) is 11.8 Å². The summed E-state index contributed by atoms with van der Waals surface area (Å²) in [5.41, 5.74) is 2.50. The van der Waals surface area contributed by atoms with E-state index < -0.39 is 0 Å². The van der Waals surface area contributed by atoms with Gasteiger partial charge in [-0.05, 0) is 24.6 Å². The lowest BCUT2D eigenvalue weighted by Crippen LogP contribution is -2.38. The van der Waals surface area contributed by atoms with Crippen LogP contribution >= 0.6 is 0 Å². The molecule has 1 heterocycles. The minimum Gasteiger partial charge on any atom is -0.497 e. The van der Waals surface area contributed by atoms with E-state index in [0.717, 1.165) is 22.8 Å². The summed E-state index contributed by atoms with van der Waals surface area (Å²) in [6.07, 6.45) is 0.668. The number of aromatic nitrogens is 2. The zero-order chi connectivity index (χ0) is 17.4. The van der Waals surface area contributed by atoms with Gasteiger partial charge in [0, 0.05) is 18.9 Å². The molecule has 7 nitrogen and oxygen atoms in total. The zero-order valence-electron chi connectivity index (χ0n) is 14.3. The van der Waals surface area contributed by atoms with Gasteiger partial charge in [0.2, 0.25) is 5.91 Å². The molecule has 2 aromatic rings. The van der Waals surface area contributed by atoms with E-state index in [4.69, 9.17) is 9.47 Å². The van der Waals surface area contributed by atoms with Gasteiger partial charge in [0.05, 0.1) is 31.6 Å². The van der Waals surface area contributed by atoms with Crippen molar-refractivity contribution >= 4 is 11.6 Å². The highest BCUT2D eigenvalue weighted by atomic mass is 16.5. The van der Waals surface area contributed by atoms with E-state index >= 15 is 0 Å². The van der Waals surface area contributed by atoms with Crippen molar-refractivity contribution in [1.29, 1.82) is 0 Å². The second-order valence-corrected chi connectivity index (χ2v) is 5.37. The highest BCUT2D eigenvalue weighted by Crippen LogP contribution is 2.18. The summed E-state index contributed by atoms with van der Waals surface area (Å²) in [5.74, 6) is 0.682. The number of carbonyl (C=O) groups excluding carboxylic acids is 1. The lowest BCUT2D eigenvalue weighted by Gasteiger charge is -2.18. The molecule has 130 valence electrons. The standard InChI is InChI=1S/C17H24N4O3/c1-4-16(19-12-6-5-7-15(9-12)24-3)17(22)18-10-13-8-14(11-23-2)21-20-13/h5-9,16,19H,4,10-11H2,1-3H3,(H,18,22)(H,20,21)/t16-/m0/s1. The number of hydrogen-bond donors (Lipinski definition) is 3. The molecular formula is C17H24N4O3. The van der Waals surface area contributed by atoms with Crippen LogP contribution in [-0.2, 0) is 22.7 Å². The molecule has 0 unspecified atom stereocenters. The fourth-order valence-electron chi connectivity index (χ4n) is 2.29. The SMILES string of the molecule is CC[C@H](Nc1cccc(OC)c1)C(=O)NCc1cc(COC)n[nH]1. The largest absolute Gasteiger partial charge is 0.497 e. The van der Waals surface area contributed by atoms with Gasteiger partial charge in [-0.1, -0.05) is 13.0 Å². The Morgan fingerprint density at radius 3 is 2.88 bits per heavy atom. The molecule has 1 amide bonds. The maximum atomic E-state index is 12.4. The van der Waals surface area contributed by atoms with Gasteiger partial charge in [-0.25, -0.2) is 0 Å². The van der Waals surface area contributed by atoms with Crippen LogP contribution in [0, 0.1) is 0 Å². The van der Waals surface area contributed by atoms with Crippen molar-refractivity contribution < 1.29 is 14.3 Å². The van der Waals surface area contributed by atoms with Crippen molar-refractivity contribution in [2.45, 2.75) is 32.5 Å². The molecule has 0 aliphatic rings. The molecule has 1 aromatic heterocycles. The molecule has 0 bridgehead atoms. The molecule has 0 radical (unpaired) electrons. The first kappa shape index (κ1) is 17.8. The molecule has 24 heavy (non-hydrogen) atoms. The topological polar surface area (TPSA) is 88.3 Å². The monoisotopic (exact) mass is 332 g/mol. The van der Waals surface area contributed by atoms with Crippen molar-refractivity contribution in [2.24, 2.45) is 0 Å². The number of anilines is 1. The minimum atomic E-state index is -0.321. The molecule has 0 spiro atoms. The molecule has 0 saturated carbocycles. The second-order valence-electron chi connectivity index (χ2n) is 5.37. The van der Waals surface area contributed by atoms with E-state index in [0.29, 0.717) is 19.6 Å². The maximum Gasteiger partial charge on any atom is 0.242 e. The Hall–Kier alpha value is -2.54. The third kappa shape index (κ3) is 4.99. The number of ether oxygens (including phenoxy) is 2. The van der Waals surface area contributed by atoms with Gasteiger partial charge in [0.15, 0.2) is 0 Å². The Bertz CT molecular complexity index is 657. The van der Waals surface area contributed by atoms with Crippen molar-refractivity contribution in [3.8, 4) is 5.75 Å². The summed E-state index contributed by atoms with van der Waals surface area (Å²) in [4.78, 5) is 12.4. The number of carbonyl (C=O) groups is 1. The zero-order valence-corrected chi connectivity index (χ0v) is 14.3. The Balaban J connectivity index is 1.90. The van der Waals surface area contributed by atoms with E-state index in [2.05, 4.69) is 20.8 Å². The number of aromatic amines is 1. The Labute approximate surface area is 141 Å². The third-order valence-electron chi connectivity index (χ3n) is 3.56. The van der Waals surface area contributed by atoms with Crippen LogP contribution in [0.5, 0.6) is 5.75 Å². The first-order valence-corrected chi connectivity index (χ1v) is 7.86. The van der Waals surface area contributed by atoms with E-state index in [9.17, 15) is 4.79 Å². The summed E-state index contributed by atoms with van der Waals surface area (Å²) in [6.45, 7) is 2.80. The Kier molecular flexibility index (Phi) is 6.62. The molecule has 0 saturated heterocycles. The first-order valence-electron chi connectivity index (χ1n) is 7.86. The van der Waals surface area contributed by atoms with Gasteiger partial charge in [-0.2, -0.15) is 5.10 Å². The molecule has 0 aliphatic carbocycles. The lowest BCUT2D eigenvalue weighted by molar-refractivity contribution is -0.122. The van der Waals surface area contributed by atoms with E-state index in [1.54, 1.807) is 14.2 Å². The van der Waals surface area contributed by atoms with Gasteiger partial charge in [-0.15, -0.1) is 0 Å². The van der Waals surface area contributed by atoms with Crippen LogP contribution in [0.1, 0.15) is 24.7 Å². The van der Waals surface area contributed by atoms with Gasteiger partial charge < -0.3 is 20.1 Å². The number of hydrogen-bond acceptors (Lipinski definition) is 5. The van der Waals surface area contributed by atoms with Crippen LogP contribution in [0.25, 0.3) is 0 Å². The highest BCUT2D eigenvalue weighted by Gasteiger charge is 2.16. The van der Waals surface area contributed by atoms with E-state index in [-0.39, 0.29) is 11.9 Å². The van der Waals surface area contributed by atoms with E-state index in [1.165, 1.54) is 0 Å². The molecule has 1 atom stereocenters. The highest BCUT2D eigenvalue weighted by molar-refractivity contribution is 5.84. The second kappa shape index (κ2) is 8.93. The first-order chi connectivity index (χ1) is 11.7. The summed E-state index contributed by atoms with van der Waals surface area (Å²) in [6, 6.07) is 9.07. The number of H-pyrrole nitrogens is 1. The number of nitrogens with one attached hydrogen (secondary N) is 3. The molecule has 7 heteroatoms. The number of nitrogens with zero attached hydrogens (tertiary/aromatic N) is 1. The van der Waals surface area contributed by atoms with E-state index in [1.807, 2.05) is 37.3 Å². The molecule has 2 rings (SSSR count).